The van der Waals surface area contributed by atoms with Gasteiger partial charge in [0.1, 0.15) is 5.75 Å². The summed E-state index contributed by atoms with van der Waals surface area (Å²) < 4.78 is 4.65. The topological polar surface area (TPSA) is 88.0 Å². The Morgan fingerprint density at radius 3 is 2.48 bits per heavy atom. The minimum Gasteiger partial charge on any atom is -0.508 e. The first kappa shape index (κ1) is 16.8. The molecular formula is C18H14N2O4S. The molecule has 0 saturated carbocycles. The van der Waals surface area contributed by atoms with Gasteiger partial charge in [0.2, 0.25) is 0 Å². The van der Waals surface area contributed by atoms with Gasteiger partial charge in [-0.3, -0.25) is 4.79 Å². The van der Waals surface area contributed by atoms with E-state index in [2.05, 4.69) is 15.0 Å². The van der Waals surface area contributed by atoms with Crippen molar-refractivity contribution in [3.63, 3.8) is 0 Å². The van der Waals surface area contributed by atoms with E-state index < -0.39 is 5.97 Å². The van der Waals surface area contributed by atoms with E-state index >= 15 is 0 Å². The third-order valence-corrected chi connectivity index (χ3v) is 4.27. The molecule has 1 amide bonds. The van der Waals surface area contributed by atoms with Crippen LogP contribution in [0.3, 0.4) is 0 Å². The van der Waals surface area contributed by atoms with Crippen molar-refractivity contribution in [2.75, 3.05) is 7.11 Å². The number of aliphatic imine (C=N–C) groups is 1. The SMILES string of the molecule is COC(=O)c1ccc(C=C2SC(=Nc3ccc(O)cc3)NC2=O)cc1. The molecule has 0 spiro atoms. The molecule has 0 atom stereocenters. The molecule has 3 rings (SSSR count). The Morgan fingerprint density at radius 1 is 1.16 bits per heavy atom. The van der Waals surface area contributed by atoms with E-state index in [0.29, 0.717) is 21.3 Å². The highest BCUT2D eigenvalue weighted by molar-refractivity contribution is 8.18. The zero-order valence-electron chi connectivity index (χ0n) is 13.2. The van der Waals surface area contributed by atoms with Gasteiger partial charge in [0.15, 0.2) is 5.17 Å². The number of ether oxygens (including phenoxy) is 1. The van der Waals surface area contributed by atoms with E-state index in [0.717, 1.165) is 5.56 Å². The summed E-state index contributed by atoms with van der Waals surface area (Å²) >= 11 is 1.22. The predicted molar refractivity (Wildman–Crippen MR) is 96.7 cm³/mol. The van der Waals surface area contributed by atoms with E-state index in [9.17, 15) is 14.7 Å². The lowest BCUT2D eigenvalue weighted by Gasteiger charge is -1.99. The van der Waals surface area contributed by atoms with Crippen LogP contribution >= 0.6 is 11.8 Å². The highest BCUT2D eigenvalue weighted by Gasteiger charge is 2.23. The van der Waals surface area contributed by atoms with Crippen LogP contribution in [-0.4, -0.2) is 29.3 Å². The van der Waals surface area contributed by atoms with Crippen molar-refractivity contribution in [1.82, 2.24) is 5.32 Å². The van der Waals surface area contributed by atoms with Crippen LogP contribution in [0.15, 0.2) is 58.4 Å². The molecule has 2 aromatic carbocycles. The summed E-state index contributed by atoms with van der Waals surface area (Å²) in [5.74, 6) is -0.488. The normalized spacial score (nSPS) is 16.9. The molecule has 1 aliphatic heterocycles. The number of hydrogen-bond acceptors (Lipinski definition) is 6. The van der Waals surface area contributed by atoms with E-state index in [1.54, 1.807) is 42.5 Å². The monoisotopic (exact) mass is 354 g/mol. The summed E-state index contributed by atoms with van der Waals surface area (Å²) in [6.07, 6.45) is 1.72. The molecule has 2 aromatic rings. The zero-order valence-corrected chi connectivity index (χ0v) is 14.0. The maximum Gasteiger partial charge on any atom is 0.337 e. The van der Waals surface area contributed by atoms with Gasteiger partial charge in [-0.2, -0.15) is 0 Å². The first-order valence-electron chi connectivity index (χ1n) is 7.32. The smallest absolute Gasteiger partial charge is 0.337 e. The lowest BCUT2D eigenvalue weighted by Crippen LogP contribution is -2.19. The van der Waals surface area contributed by atoms with Gasteiger partial charge in [-0.15, -0.1) is 0 Å². The molecule has 0 unspecified atom stereocenters. The molecule has 0 radical (unpaired) electrons. The Morgan fingerprint density at radius 2 is 1.84 bits per heavy atom. The predicted octanol–water partition coefficient (Wildman–Crippen LogP) is 3.07. The fourth-order valence-corrected chi connectivity index (χ4v) is 2.95. The van der Waals surface area contributed by atoms with Gasteiger partial charge in [0, 0.05) is 0 Å². The number of methoxy groups -OCH3 is 1. The second-order valence-corrected chi connectivity index (χ2v) is 6.14. The van der Waals surface area contributed by atoms with Crippen LogP contribution in [0.1, 0.15) is 15.9 Å². The molecule has 1 heterocycles. The van der Waals surface area contributed by atoms with Crippen molar-refractivity contribution in [2.45, 2.75) is 0 Å². The third-order valence-electron chi connectivity index (χ3n) is 3.36. The van der Waals surface area contributed by atoms with Crippen LogP contribution in [0.5, 0.6) is 5.75 Å². The molecule has 1 aliphatic rings. The van der Waals surface area contributed by atoms with Gasteiger partial charge in [-0.25, -0.2) is 9.79 Å². The fourth-order valence-electron chi connectivity index (χ4n) is 2.11. The first-order chi connectivity index (χ1) is 12.0. The van der Waals surface area contributed by atoms with E-state index in [4.69, 9.17) is 0 Å². The zero-order chi connectivity index (χ0) is 17.8. The summed E-state index contributed by atoms with van der Waals surface area (Å²) in [5.41, 5.74) is 1.86. The van der Waals surface area contributed by atoms with Crippen molar-refractivity contribution in [1.29, 1.82) is 0 Å². The molecule has 0 aliphatic carbocycles. The van der Waals surface area contributed by atoms with Gasteiger partial charge < -0.3 is 15.2 Å². The maximum atomic E-state index is 12.1. The number of carbonyl (C=O) groups is 2. The Bertz CT molecular complexity index is 871. The average Bonchev–Trinajstić information content (AvgIpc) is 2.96. The number of aromatic hydroxyl groups is 1. The van der Waals surface area contributed by atoms with E-state index in [1.807, 2.05) is 0 Å². The number of nitrogens with one attached hydrogen (secondary N) is 1. The standard InChI is InChI=1S/C18H14N2O4S/c1-24-17(23)12-4-2-11(3-5-12)10-15-16(22)20-18(25-15)19-13-6-8-14(21)9-7-13/h2-10,21H,1H3,(H,19,20,22). The van der Waals surface area contributed by atoms with Gasteiger partial charge in [-0.1, -0.05) is 12.1 Å². The number of hydrogen-bond donors (Lipinski definition) is 2. The molecule has 2 N–H and O–H groups in total. The minimum absolute atomic E-state index is 0.156. The van der Waals surface area contributed by atoms with Crippen LogP contribution < -0.4 is 5.32 Å². The van der Waals surface area contributed by atoms with Crippen molar-refractivity contribution >= 4 is 40.6 Å². The fraction of sp³-hybridized carbons (Fsp3) is 0.0556. The summed E-state index contributed by atoms with van der Waals surface area (Å²) in [4.78, 5) is 28.3. The molecule has 0 bridgehead atoms. The number of amides is 1. The Kier molecular flexibility index (Phi) is 4.85. The number of rotatable bonds is 3. The average molecular weight is 354 g/mol. The van der Waals surface area contributed by atoms with Gasteiger partial charge >= 0.3 is 5.97 Å². The lowest BCUT2D eigenvalue weighted by atomic mass is 10.1. The van der Waals surface area contributed by atoms with Gasteiger partial charge in [0.25, 0.3) is 5.91 Å². The number of amidine groups is 1. The van der Waals surface area contributed by atoms with Crippen LogP contribution in [-0.2, 0) is 9.53 Å². The van der Waals surface area contributed by atoms with Crippen LogP contribution in [0.25, 0.3) is 6.08 Å². The summed E-state index contributed by atoms with van der Waals surface area (Å²) in [6.45, 7) is 0. The Hall–Kier alpha value is -3.06. The molecule has 1 fully saturated rings. The van der Waals surface area contributed by atoms with Crippen molar-refractivity contribution in [3.8, 4) is 5.75 Å². The maximum absolute atomic E-state index is 12.1. The number of nitrogens with zero attached hydrogens (tertiary/aromatic N) is 1. The summed E-state index contributed by atoms with van der Waals surface area (Å²) in [5, 5.41) is 12.4. The molecular weight excluding hydrogens is 340 g/mol. The second kappa shape index (κ2) is 7.23. The van der Waals surface area contributed by atoms with Crippen molar-refractivity contribution < 1.29 is 19.4 Å². The molecule has 0 aromatic heterocycles. The molecule has 1 saturated heterocycles. The highest BCUT2D eigenvalue weighted by Crippen LogP contribution is 2.28. The van der Waals surface area contributed by atoms with E-state index in [-0.39, 0.29) is 11.7 Å². The number of esters is 1. The second-order valence-electron chi connectivity index (χ2n) is 5.11. The molecule has 126 valence electrons. The van der Waals surface area contributed by atoms with Crippen LogP contribution in [0, 0.1) is 0 Å². The van der Waals surface area contributed by atoms with Gasteiger partial charge in [0.05, 0.1) is 23.3 Å². The lowest BCUT2D eigenvalue weighted by molar-refractivity contribution is -0.115. The number of benzene rings is 2. The van der Waals surface area contributed by atoms with Crippen molar-refractivity contribution in [2.24, 2.45) is 4.99 Å². The first-order valence-corrected chi connectivity index (χ1v) is 8.14. The minimum atomic E-state index is -0.407. The number of phenols is 1. The number of carbonyl (C=O) groups excluding carboxylic acids is 2. The van der Waals surface area contributed by atoms with Crippen molar-refractivity contribution in [3.05, 3.63) is 64.6 Å². The Labute approximate surface area is 148 Å². The quantitative estimate of drug-likeness (QED) is 0.653. The summed E-state index contributed by atoms with van der Waals surface area (Å²) in [6, 6.07) is 13.1. The number of phenolic OH excluding ortho intramolecular Hbond substituents is 1. The Balaban J connectivity index is 1.77. The van der Waals surface area contributed by atoms with Crippen LogP contribution in [0.4, 0.5) is 5.69 Å². The number of thioether (sulfide) groups is 1. The van der Waals surface area contributed by atoms with E-state index in [1.165, 1.54) is 31.0 Å². The molecule has 7 heteroatoms. The summed E-state index contributed by atoms with van der Waals surface area (Å²) in [7, 11) is 1.33. The van der Waals surface area contributed by atoms with Gasteiger partial charge in [-0.05, 0) is 59.8 Å². The third kappa shape index (κ3) is 4.07. The highest BCUT2D eigenvalue weighted by atomic mass is 32.2. The largest absolute Gasteiger partial charge is 0.508 e. The molecule has 6 nitrogen and oxygen atoms in total. The van der Waals surface area contributed by atoms with Crippen LogP contribution in [0.2, 0.25) is 0 Å². The molecule has 25 heavy (non-hydrogen) atoms.